The zero-order chi connectivity index (χ0) is 19.4. The third kappa shape index (κ3) is 4.69. The summed E-state index contributed by atoms with van der Waals surface area (Å²) in [6.45, 7) is 2.15. The van der Waals surface area contributed by atoms with Crippen molar-refractivity contribution in [1.29, 1.82) is 0 Å². The molecule has 0 saturated heterocycles. The van der Waals surface area contributed by atoms with Crippen LogP contribution in [0.5, 0.6) is 0 Å². The second-order valence-electron chi connectivity index (χ2n) is 6.24. The van der Waals surface area contributed by atoms with Gasteiger partial charge in [0.1, 0.15) is 0 Å². The van der Waals surface area contributed by atoms with Crippen molar-refractivity contribution in [2.24, 2.45) is 0 Å². The Hall–Kier alpha value is -2.78. The summed E-state index contributed by atoms with van der Waals surface area (Å²) in [5.41, 5.74) is 2.21. The topological polar surface area (TPSA) is 108 Å². The van der Waals surface area contributed by atoms with E-state index in [1.165, 1.54) is 19.1 Å². The highest BCUT2D eigenvalue weighted by Gasteiger charge is 2.22. The fourth-order valence-corrected chi connectivity index (χ4v) is 3.90. The molecule has 1 aliphatic heterocycles. The molecular formula is C18H20N4O4S. The normalized spacial score (nSPS) is 13.1. The van der Waals surface area contributed by atoms with Gasteiger partial charge in [-0.3, -0.25) is 14.6 Å². The Labute approximate surface area is 157 Å². The Bertz CT molecular complexity index is 961. The Morgan fingerprint density at radius 2 is 2.00 bits per heavy atom. The molecule has 0 saturated carbocycles. The average molecular weight is 388 g/mol. The van der Waals surface area contributed by atoms with Gasteiger partial charge in [0.05, 0.1) is 11.3 Å². The zero-order valence-corrected chi connectivity index (χ0v) is 15.6. The summed E-state index contributed by atoms with van der Waals surface area (Å²) in [5, 5.41) is 2.67. The number of nitrogens with zero attached hydrogens (tertiary/aromatic N) is 2. The number of nitrogens with one attached hydrogen (secondary N) is 2. The molecule has 27 heavy (non-hydrogen) atoms. The molecule has 0 aliphatic carbocycles. The molecule has 0 atom stereocenters. The van der Waals surface area contributed by atoms with Gasteiger partial charge in [0.15, 0.2) is 0 Å². The number of sulfonamides is 1. The van der Waals surface area contributed by atoms with Crippen molar-refractivity contribution in [1.82, 2.24) is 14.6 Å². The molecule has 2 heterocycles. The predicted octanol–water partition coefficient (Wildman–Crippen LogP) is 0.903. The van der Waals surface area contributed by atoms with Gasteiger partial charge in [-0.05, 0) is 41.5 Å². The minimum atomic E-state index is -3.73. The fourth-order valence-electron chi connectivity index (χ4n) is 2.83. The highest BCUT2D eigenvalue weighted by Crippen LogP contribution is 2.25. The molecular weight excluding hydrogens is 368 g/mol. The first-order chi connectivity index (χ1) is 12.8. The molecule has 8 nitrogen and oxygen atoms in total. The average Bonchev–Trinajstić information content (AvgIpc) is 3.00. The van der Waals surface area contributed by atoms with Crippen molar-refractivity contribution in [3.05, 3.63) is 53.9 Å². The number of pyridine rings is 1. The van der Waals surface area contributed by atoms with E-state index in [-0.39, 0.29) is 36.2 Å². The largest absolute Gasteiger partial charge is 0.337 e. The first kappa shape index (κ1) is 19.0. The predicted molar refractivity (Wildman–Crippen MR) is 99.3 cm³/mol. The van der Waals surface area contributed by atoms with E-state index in [9.17, 15) is 18.0 Å². The molecule has 2 amide bonds. The third-order valence-corrected chi connectivity index (χ3v) is 5.71. The van der Waals surface area contributed by atoms with E-state index in [1.54, 1.807) is 35.5 Å². The number of aromatic nitrogens is 1. The molecule has 0 unspecified atom stereocenters. The second-order valence-corrected chi connectivity index (χ2v) is 8.00. The van der Waals surface area contributed by atoms with Gasteiger partial charge in [-0.15, -0.1) is 0 Å². The van der Waals surface area contributed by atoms with Crippen molar-refractivity contribution in [3.8, 4) is 0 Å². The number of rotatable bonds is 7. The highest BCUT2D eigenvalue weighted by atomic mass is 32.2. The fraction of sp³-hybridized carbons (Fsp3) is 0.278. The zero-order valence-electron chi connectivity index (χ0n) is 14.8. The summed E-state index contributed by atoms with van der Waals surface area (Å²) in [5.74, 6) is -0.297. The van der Waals surface area contributed by atoms with Gasteiger partial charge in [0, 0.05) is 44.6 Å². The van der Waals surface area contributed by atoms with E-state index in [2.05, 4.69) is 15.0 Å². The van der Waals surface area contributed by atoms with Gasteiger partial charge >= 0.3 is 0 Å². The summed E-state index contributed by atoms with van der Waals surface area (Å²) < 4.78 is 27.5. The first-order valence-electron chi connectivity index (χ1n) is 8.42. The van der Waals surface area contributed by atoms with Crippen LogP contribution in [0.4, 0.5) is 5.69 Å². The van der Waals surface area contributed by atoms with Crippen LogP contribution in [0.15, 0.2) is 47.6 Å². The van der Waals surface area contributed by atoms with Crippen LogP contribution < -0.4 is 10.0 Å². The van der Waals surface area contributed by atoms with Crippen molar-refractivity contribution >= 4 is 27.5 Å². The van der Waals surface area contributed by atoms with Crippen molar-refractivity contribution < 1.29 is 18.0 Å². The lowest BCUT2D eigenvalue weighted by Gasteiger charge is -2.21. The van der Waals surface area contributed by atoms with Crippen molar-refractivity contribution in [3.63, 3.8) is 0 Å². The van der Waals surface area contributed by atoms with Crippen molar-refractivity contribution in [2.45, 2.75) is 24.8 Å². The Morgan fingerprint density at radius 3 is 2.70 bits per heavy atom. The van der Waals surface area contributed by atoms with E-state index < -0.39 is 10.0 Å². The maximum Gasteiger partial charge on any atom is 0.240 e. The SMILES string of the molecule is CC(=O)N(CCNS(=O)(=O)c1ccc2c(c1)CC(=O)N2)Cc1ccncc1. The van der Waals surface area contributed by atoms with E-state index in [0.717, 1.165) is 5.56 Å². The standard InChI is InChI=1S/C18H20N4O4S/c1-13(23)22(12-14-4-6-19-7-5-14)9-8-20-27(25,26)16-2-3-17-15(10-16)11-18(24)21-17/h2-7,10,20H,8-9,11-12H2,1H3,(H,21,24). The van der Waals surface area contributed by atoms with Gasteiger partial charge < -0.3 is 10.2 Å². The lowest BCUT2D eigenvalue weighted by atomic mass is 10.2. The van der Waals surface area contributed by atoms with Crippen LogP contribution in [0.2, 0.25) is 0 Å². The quantitative estimate of drug-likeness (QED) is 0.733. The van der Waals surface area contributed by atoms with Crippen LogP contribution in [0.3, 0.4) is 0 Å². The first-order valence-corrected chi connectivity index (χ1v) is 9.90. The molecule has 2 N–H and O–H groups in total. The number of hydrogen-bond donors (Lipinski definition) is 2. The number of carbonyl (C=O) groups is 2. The number of carbonyl (C=O) groups excluding carboxylic acids is 2. The summed E-state index contributed by atoms with van der Waals surface area (Å²) in [6, 6.07) is 8.14. The summed E-state index contributed by atoms with van der Waals surface area (Å²) >= 11 is 0. The maximum absolute atomic E-state index is 12.5. The Kier molecular flexibility index (Phi) is 5.52. The van der Waals surface area contributed by atoms with E-state index >= 15 is 0 Å². The van der Waals surface area contributed by atoms with Gasteiger partial charge in [-0.2, -0.15) is 0 Å². The molecule has 1 aromatic heterocycles. The van der Waals surface area contributed by atoms with Crippen LogP contribution in [0, 0.1) is 0 Å². The van der Waals surface area contributed by atoms with Gasteiger partial charge in [-0.25, -0.2) is 13.1 Å². The van der Waals surface area contributed by atoms with E-state index in [1.807, 2.05) is 0 Å². The lowest BCUT2D eigenvalue weighted by Crippen LogP contribution is -2.37. The van der Waals surface area contributed by atoms with E-state index in [0.29, 0.717) is 17.8 Å². The molecule has 9 heteroatoms. The maximum atomic E-state index is 12.5. The number of anilines is 1. The Morgan fingerprint density at radius 1 is 1.26 bits per heavy atom. The smallest absolute Gasteiger partial charge is 0.240 e. The van der Waals surface area contributed by atoms with Gasteiger partial charge in [0.25, 0.3) is 0 Å². The second kappa shape index (κ2) is 7.85. The third-order valence-electron chi connectivity index (χ3n) is 4.25. The molecule has 0 fully saturated rings. The molecule has 0 spiro atoms. The number of amides is 2. The van der Waals surface area contributed by atoms with Crippen LogP contribution in [0.1, 0.15) is 18.1 Å². The minimum Gasteiger partial charge on any atom is -0.337 e. The summed E-state index contributed by atoms with van der Waals surface area (Å²) in [7, 11) is -3.73. The lowest BCUT2D eigenvalue weighted by molar-refractivity contribution is -0.129. The number of benzene rings is 1. The van der Waals surface area contributed by atoms with E-state index in [4.69, 9.17) is 0 Å². The van der Waals surface area contributed by atoms with Crippen LogP contribution in [0.25, 0.3) is 0 Å². The molecule has 1 aliphatic rings. The Balaban J connectivity index is 1.62. The minimum absolute atomic E-state index is 0.0846. The molecule has 3 rings (SSSR count). The van der Waals surface area contributed by atoms with Crippen LogP contribution >= 0.6 is 0 Å². The molecule has 1 aromatic carbocycles. The van der Waals surface area contributed by atoms with Gasteiger partial charge in [-0.1, -0.05) is 0 Å². The highest BCUT2D eigenvalue weighted by molar-refractivity contribution is 7.89. The monoisotopic (exact) mass is 388 g/mol. The molecule has 0 radical (unpaired) electrons. The number of hydrogen-bond acceptors (Lipinski definition) is 5. The van der Waals surface area contributed by atoms with Crippen LogP contribution in [-0.2, 0) is 32.6 Å². The molecule has 2 aromatic rings. The van der Waals surface area contributed by atoms with Crippen LogP contribution in [-0.4, -0.2) is 43.2 Å². The number of fused-ring (bicyclic) bond motifs is 1. The summed E-state index contributed by atoms with van der Waals surface area (Å²) in [4.78, 5) is 28.8. The summed E-state index contributed by atoms with van der Waals surface area (Å²) in [6.07, 6.45) is 3.45. The van der Waals surface area contributed by atoms with Crippen molar-refractivity contribution in [2.75, 3.05) is 18.4 Å². The van der Waals surface area contributed by atoms with Gasteiger partial charge in [0.2, 0.25) is 21.8 Å². The molecule has 0 bridgehead atoms. The molecule has 142 valence electrons.